The molecule has 0 atom stereocenters. The summed E-state index contributed by atoms with van der Waals surface area (Å²) in [6.45, 7) is 1.88. The van der Waals surface area contributed by atoms with Gasteiger partial charge in [-0.1, -0.05) is 29.3 Å². The molecule has 6 heteroatoms. The highest BCUT2D eigenvalue weighted by atomic mass is 35.5. The number of benzene rings is 2. The van der Waals surface area contributed by atoms with E-state index in [9.17, 15) is 8.42 Å². The molecule has 0 unspecified atom stereocenters. The molecule has 0 radical (unpaired) electrons. The van der Waals surface area contributed by atoms with Crippen molar-refractivity contribution < 1.29 is 8.42 Å². The van der Waals surface area contributed by atoms with Crippen molar-refractivity contribution in [3.63, 3.8) is 0 Å². The number of halogens is 1. The van der Waals surface area contributed by atoms with Crippen LogP contribution in [-0.2, 0) is 10.0 Å². The number of anilines is 1. The predicted molar refractivity (Wildman–Crippen MR) is 82.9 cm³/mol. The van der Waals surface area contributed by atoms with E-state index < -0.39 is 10.0 Å². The summed E-state index contributed by atoms with van der Waals surface area (Å²) >= 11 is 5.83. The SMILES string of the molecule is Cc1ccc(S(=O)(=O)N(C)c2ccc(Cl)cc2C#N)cc1. The van der Waals surface area contributed by atoms with Gasteiger partial charge in [0.05, 0.1) is 16.1 Å². The van der Waals surface area contributed by atoms with E-state index in [1.807, 2.05) is 13.0 Å². The average Bonchev–Trinajstić information content (AvgIpc) is 2.46. The topological polar surface area (TPSA) is 61.2 Å². The molecular formula is C15H13ClN2O2S. The average molecular weight is 321 g/mol. The Kier molecular flexibility index (Phi) is 4.21. The van der Waals surface area contributed by atoms with Gasteiger partial charge in [0.2, 0.25) is 0 Å². The van der Waals surface area contributed by atoms with E-state index in [2.05, 4.69) is 0 Å². The smallest absolute Gasteiger partial charge is 0.264 e. The minimum Gasteiger partial charge on any atom is -0.268 e. The van der Waals surface area contributed by atoms with Gasteiger partial charge in [-0.3, -0.25) is 4.31 Å². The molecule has 0 spiro atoms. The number of nitriles is 1. The molecule has 0 saturated carbocycles. The Balaban J connectivity index is 2.51. The fraction of sp³-hybridized carbons (Fsp3) is 0.133. The second kappa shape index (κ2) is 5.76. The molecule has 2 aromatic carbocycles. The first-order chi connectivity index (χ1) is 9.86. The van der Waals surface area contributed by atoms with Crippen LogP contribution < -0.4 is 4.31 Å². The summed E-state index contributed by atoms with van der Waals surface area (Å²) in [5.41, 5.74) is 1.48. The molecule has 0 N–H and O–H groups in total. The number of rotatable bonds is 3. The third kappa shape index (κ3) is 3.02. The van der Waals surface area contributed by atoms with Gasteiger partial charge >= 0.3 is 0 Å². The Bertz CT molecular complexity index is 809. The third-order valence-corrected chi connectivity index (χ3v) is 5.12. The van der Waals surface area contributed by atoms with Crippen LogP contribution in [-0.4, -0.2) is 15.5 Å². The summed E-state index contributed by atoms with van der Waals surface area (Å²) in [4.78, 5) is 0.175. The molecule has 0 aliphatic carbocycles. The van der Waals surface area contributed by atoms with Crippen molar-refractivity contribution in [1.29, 1.82) is 5.26 Å². The number of nitrogens with zero attached hydrogens (tertiary/aromatic N) is 2. The summed E-state index contributed by atoms with van der Waals surface area (Å²) in [7, 11) is -2.30. The van der Waals surface area contributed by atoms with Crippen molar-refractivity contribution in [2.24, 2.45) is 0 Å². The molecule has 0 saturated heterocycles. The summed E-state index contributed by atoms with van der Waals surface area (Å²) in [5.74, 6) is 0. The van der Waals surface area contributed by atoms with Gasteiger partial charge in [-0.15, -0.1) is 0 Å². The lowest BCUT2D eigenvalue weighted by Crippen LogP contribution is -2.27. The second-order valence-electron chi connectivity index (χ2n) is 4.56. The van der Waals surface area contributed by atoms with Gasteiger partial charge in [-0.2, -0.15) is 5.26 Å². The number of hydrogen-bond acceptors (Lipinski definition) is 3. The van der Waals surface area contributed by atoms with Gasteiger partial charge in [0, 0.05) is 12.1 Å². The van der Waals surface area contributed by atoms with Crippen molar-refractivity contribution in [3.05, 3.63) is 58.6 Å². The van der Waals surface area contributed by atoms with Crippen LogP contribution in [0.1, 0.15) is 11.1 Å². The molecule has 0 aliphatic rings. The fourth-order valence-corrected chi connectivity index (χ4v) is 3.26. The Morgan fingerprint density at radius 2 is 1.76 bits per heavy atom. The second-order valence-corrected chi connectivity index (χ2v) is 6.96. The van der Waals surface area contributed by atoms with E-state index in [0.29, 0.717) is 10.7 Å². The van der Waals surface area contributed by atoms with E-state index in [1.165, 1.54) is 19.2 Å². The van der Waals surface area contributed by atoms with E-state index in [1.54, 1.807) is 30.3 Å². The quantitative estimate of drug-likeness (QED) is 0.871. The molecule has 0 amide bonds. The Morgan fingerprint density at radius 3 is 2.33 bits per heavy atom. The Labute approximate surface area is 129 Å². The molecule has 0 bridgehead atoms. The zero-order valence-electron chi connectivity index (χ0n) is 11.5. The van der Waals surface area contributed by atoms with E-state index in [-0.39, 0.29) is 10.5 Å². The molecule has 0 aliphatic heterocycles. The van der Waals surface area contributed by atoms with Crippen molar-refractivity contribution in [3.8, 4) is 6.07 Å². The molecule has 0 heterocycles. The van der Waals surface area contributed by atoms with Crippen LogP contribution >= 0.6 is 11.6 Å². The van der Waals surface area contributed by atoms with Crippen LogP contribution in [0, 0.1) is 18.3 Å². The van der Waals surface area contributed by atoms with Crippen LogP contribution in [0.5, 0.6) is 0 Å². The van der Waals surface area contributed by atoms with Crippen LogP contribution in [0.2, 0.25) is 5.02 Å². The molecule has 0 aromatic heterocycles. The minimum absolute atomic E-state index is 0.175. The molecule has 108 valence electrons. The lowest BCUT2D eigenvalue weighted by atomic mass is 10.2. The maximum Gasteiger partial charge on any atom is 0.264 e. The maximum atomic E-state index is 12.6. The fourth-order valence-electron chi connectivity index (χ4n) is 1.87. The molecule has 4 nitrogen and oxygen atoms in total. The number of sulfonamides is 1. The minimum atomic E-state index is -3.72. The first-order valence-electron chi connectivity index (χ1n) is 6.11. The zero-order chi connectivity index (χ0) is 15.6. The van der Waals surface area contributed by atoms with Gasteiger partial charge in [-0.05, 0) is 37.3 Å². The Hall–Kier alpha value is -2.03. The Morgan fingerprint density at radius 1 is 1.14 bits per heavy atom. The molecule has 0 fully saturated rings. The van der Waals surface area contributed by atoms with Gasteiger partial charge < -0.3 is 0 Å². The first-order valence-corrected chi connectivity index (χ1v) is 7.93. The van der Waals surface area contributed by atoms with Gasteiger partial charge in [0.25, 0.3) is 10.0 Å². The highest BCUT2D eigenvalue weighted by Crippen LogP contribution is 2.27. The molecule has 21 heavy (non-hydrogen) atoms. The van der Waals surface area contributed by atoms with E-state index in [4.69, 9.17) is 16.9 Å². The predicted octanol–water partition coefficient (Wildman–Crippen LogP) is 3.35. The molecule has 2 rings (SSSR count). The monoisotopic (exact) mass is 320 g/mol. The van der Waals surface area contributed by atoms with Crippen LogP contribution in [0.3, 0.4) is 0 Å². The van der Waals surface area contributed by atoms with Crippen molar-refractivity contribution >= 4 is 27.3 Å². The van der Waals surface area contributed by atoms with E-state index >= 15 is 0 Å². The highest BCUT2D eigenvalue weighted by Gasteiger charge is 2.23. The van der Waals surface area contributed by atoms with Crippen molar-refractivity contribution in [1.82, 2.24) is 0 Å². The summed E-state index contributed by atoms with van der Waals surface area (Å²) in [6.07, 6.45) is 0. The van der Waals surface area contributed by atoms with Crippen LogP contribution in [0.4, 0.5) is 5.69 Å². The van der Waals surface area contributed by atoms with Gasteiger partial charge in [0.15, 0.2) is 0 Å². The summed E-state index contributed by atoms with van der Waals surface area (Å²) in [6, 6.07) is 13.0. The van der Waals surface area contributed by atoms with E-state index in [0.717, 1.165) is 9.87 Å². The molecule has 2 aromatic rings. The number of aryl methyl sites for hydroxylation is 1. The van der Waals surface area contributed by atoms with Crippen molar-refractivity contribution in [2.75, 3.05) is 11.4 Å². The lowest BCUT2D eigenvalue weighted by molar-refractivity contribution is 0.594. The van der Waals surface area contributed by atoms with Crippen LogP contribution in [0.25, 0.3) is 0 Å². The maximum absolute atomic E-state index is 12.6. The summed E-state index contributed by atoms with van der Waals surface area (Å²) in [5, 5.41) is 9.52. The first kappa shape index (κ1) is 15.4. The highest BCUT2D eigenvalue weighted by molar-refractivity contribution is 7.92. The van der Waals surface area contributed by atoms with Crippen LogP contribution in [0.15, 0.2) is 47.4 Å². The largest absolute Gasteiger partial charge is 0.268 e. The standard InChI is InChI=1S/C15H13ClN2O2S/c1-11-3-6-14(7-4-11)21(19,20)18(2)15-8-5-13(16)9-12(15)10-17/h3-9H,1-2H3. The van der Waals surface area contributed by atoms with Gasteiger partial charge in [-0.25, -0.2) is 8.42 Å². The number of hydrogen-bond donors (Lipinski definition) is 0. The normalized spacial score (nSPS) is 11.0. The molecular weight excluding hydrogens is 308 g/mol. The summed E-state index contributed by atoms with van der Waals surface area (Å²) < 4.78 is 26.3. The lowest BCUT2D eigenvalue weighted by Gasteiger charge is -2.20. The van der Waals surface area contributed by atoms with Crippen molar-refractivity contribution in [2.45, 2.75) is 11.8 Å². The van der Waals surface area contributed by atoms with Gasteiger partial charge in [0.1, 0.15) is 6.07 Å². The zero-order valence-corrected chi connectivity index (χ0v) is 13.1. The third-order valence-electron chi connectivity index (χ3n) is 3.10.